The number of hydrogen-bond acceptors (Lipinski definition) is 2. The first kappa shape index (κ1) is 13.9. The van der Waals surface area contributed by atoms with Gasteiger partial charge in [0.05, 0.1) is 6.54 Å². The van der Waals surface area contributed by atoms with Crippen LogP contribution < -0.4 is 10.6 Å². The van der Waals surface area contributed by atoms with Crippen LogP contribution in [0.5, 0.6) is 0 Å². The van der Waals surface area contributed by atoms with Gasteiger partial charge in [-0.05, 0) is 31.5 Å². The standard InChI is InChI=1S/C14H18ClN3O/c1-9(2)18-14(19)8-16-6-10-7-17-13-5-11(15)3-4-12(10)13/h3-5,7,9,16-17H,6,8H2,1-2H3,(H,18,19). The van der Waals surface area contributed by atoms with E-state index in [2.05, 4.69) is 15.6 Å². The number of rotatable bonds is 5. The average molecular weight is 280 g/mol. The molecule has 0 aliphatic carbocycles. The molecule has 0 aliphatic heterocycles. The van der Waals surface area contributed by atoms with Gasteiger partial charge >= 0.3 is 0 Å². The maximum absolute atomic E-state index is 11.5. The molecule has 3 N–H and O–H groups in total. The predicted molar refractivity (Wildman–Crippen MR) is 78.3 cm³/mol. The number of nitrogens with one attached hydrogen (secondary N) is 3. The molecule has 0 saturated heterocycles. The average Bonchev–Trinajstić information content (AvgIpc) is 2.70. The second kappa shape index (κ2) is 6.08. The lowest BCUT2D eigenvalue weighted by atomic mass is 10.2. The summed E-state index contributed by atoms with van der Waals surface area (Å²) in [6.07, 6.45) is 1.94. The molecular formula is C14H18ClN3O. The number of amides is 1. The van der Waals surface area contributed by atoms with Crippen molar-refractivity contribution in [1.29, 1.82) is 0 Å². The van der Waals surface area contributed by atoms with E-state index in [9.17, 15) is 4.79 Å². The second-order valence-corrected chi connectivity index (χ2v) is 5.27. The van der Waals surface area contributed by atoms with Crippen molar-refractivity contribution in [3.8, 4) is 0 Å². The maximum Gasteiger partial charge on any atom is 0.234 e. The quantitative estimate of drug-likeness (QED) is 0.787. The van der Waals surface area contributed by atoms with Crippen LogP contribution in [0.15, 0.2) is 24.4 Å². The highest BCUT2D eigenvalue weighted by Gasteiger charge is 2.06. The van der Waals surface area contributed by atoms with Gasteiger partial charge in [-0.2, -0.15) is 0 Å². The van der Waals surface area contributed by atoms with Gasteiger partial charge in [-0.3, -0.25) is 4.79 Å². The number of H-pyrrole nitrogens is 1. The van der Waals surface area contributed by atoms with Crippen LogP contribution in [0.25, 0.3) is 10.9 Å². The fourth-order valence-electron chi connectivity index (χ4n) is 1.99. The van der Waals surface area contributed by atoms with Crippen molar-refractivity contribution in [3.05, 3.63) is 35.0 Å². The Kier molecular flexibility index (Phi) is 4.45. The van der Waals surface area contributed by atoms with Crippen LogP contribution in [0.2, 0.25) is 5.02 Å². The zero-order valence-electron chi connectivity index (χ0n) is 11.1. The van der Waals surface area contributed by atoms with E-state index in [4.69, 9.17) is 11.6 Å². The molecule has 2 rings (SSSR count). The minimum absolute atomic E-state index is 0.0119. The fraction of sp³-hybridized carbons (Fsp3) is 0.357. The summed E-state index contributed by atoms with van der Waals surface area (Å²) in [6.45, 7) is 4.86. The molecule has 0 spiro atoms. The van der Waals surface area contributed by atoms with E-state index in [-0.39, 0.29) is 11.9 Å². The van der Waals surface area contributed by atoms with Crippen molar-refractivity contribution in [1.82, 2.24) is 15.6 Å². The molecule has 0 radical (unpaired) electrons. The molecule has 1 amide bonds. The summed E-state index contributed by atoms with van der Waals surface area (Å²) in [5, 5.41) is 7.81. The maximum atomic E-state index is 11.5. The van der Waals surface area contributed by atoms with Gasteiger partial charge in [0.1, 0.15) is 0 Å². The van der Waals surface area contributed by atoms with Crippen LogP contribution in [-0.4, -0.2) is 23.5 Å². The summed E-state index contributed by atoms with van der Waals surface area (Å²) >= 11 is 5.93. The van der Waals surface area contributed by atoms with E-state index in [1.54, 1.807) is 0 Å². The van der Waals surface area contributed by atoms with E-state index >= 15 is 0 Å². The number of carbonyl (C=O) groups excluding carboxylic acids is 1. The Bertz CT molecular complexity index is 577. The van der Waals surface area contributed by atoms with Crippen LogP contribution >= 0.6 is 11.6 Å². The third-order valence-electron chi connectivity index (χ3n) is 2.78. The molecule has 0 fully saturated rings. The van der Waals surface area contributed by atoms with Crippen molar-refractivity contribution >= 4 is 28.4 Å². The van der Waals surface area contributed by atoms with Gasteiger partial charge in [-0.15, -0.1) is 0 Å². The number of benzene rings is 1. The lowest BCUT2D eigenvalue weighted by Crippen LogP contribution is -2.37. The molecule has 19 heavy (non-hydrogen) atoms. The molecule has 0 aliphatic rings. The summed E-state index contributed by atoms with van der Waals surface area (Å²) in [5.74, 6) is 0.0119. The molecule has 102 valence electrons. The summed E-state index contributed by atoms with van der Waals surface area (Å²) in [5.41, 5.74) is 2.14. The van der Waals surface area contributed by atoms with Gasteiger partial charge in [0.25, 0.3) is 0 Å². The fourth-order valence-corrected chi connectivity index (χ4v) is 2.16. The monoisotopic (exact) mass is 279 g/mol. The van der Waals surface area contributed by atoms with E-state index in [1.807, 2.05) is 38.2 Å². The predicted octanol–water partition coefficient (Wildman–Crippen LogP) is 2.44. The summed E-state index contributed by atoms with van der Waals surface area (Å²) in [7, 11) is 0. The van der Waals surface area contributed by atoms with Gasteiger partial charge in [0.2, 0.25) is 5.91 Å². The first-order valence-corrected chi connectivity index (χ1v) is 6.69. The van der Waals surface area contributed by atoms with Crippen LogP contribution in [0.3, 0.4) is 0 Å². The van der Waals surface area contributed by atoms with Gasteiger partial charge in [0.15, 0.2) is 0 Å². The largest absolute Gasteiger partial charge is 0.361 e. The molecule has 1 aromatic heterocycles. The third kappa shape index (κ3) is 3.72. The van der Waals surface area contributed by atoms with Gasteiger partial charge in [-0.1, -0.05) is 17.7 Å². The molecule has 4 nitrogen and oxygen atoms in total. The first-order chi connectivity index (χ1) is 9.06. The van der Waals surface area contributed by atoms with E-state index in [0.717, 1.165) is 16.5 Å². The number of aromatic amines is 1. The Labute approximate surface area is 117 Å². The van der Waals surface area contributed by atoms with Crippen LogP contribution in [-0.2, 0) is 11.3 Å². The highest BCUT2D eigenvalue weighted by molar-refractivity contribution is 6.31. The third-order valence-corrected chi connectivity index (χ3v) is 3.02. The SMILES string of the molecule is CC(C)NC(=O)CNCc1c[nH]c2cc(Cl)ccc12. The molecule has 0 atom stereocenters. The summed E-state index contributed by atoms with van der Waals surface area (Å²) in [6, 6.07) is 5.92. The number of aromatic nitrogens is 1. The van der Waals surface area contributed by atoms with E-state index in [0.29, 0.717) is 18.1 Å². The number of carbonyl (C=O) groups is 1. The first-order valence-electron chi connectivity index (χ1n) is 6.32. The van der Waals surface area contributed by atoms with Gasteiger partial charge in [0, 0.05) is 34.7 Å². The van der Waals surface area contributed by atoms with Gasteiger partial charge < -0.3 is 15.6 Å². The van der Waals surface area contributed by atoms with Crippen molar-refractivity contribution in [2.24, 2.45) is 0 Å². The Morgan fingerprint density at radius 3 is 2.95 bits per heavy atom. The Balaban J connectivity index is 1.93. The van der Waals surface area contributed by atoms with Crippen molar-refractivity contribution in [2.75, 3.05) is 6.54 Å². The van der Waals surface area contributed by atoms with Crippen LogP contribution in [0, 0.1) is 0 Å². The van der Waals surface area contributed by atoms with E-state index in [1.165, 1.54) is 0 Å². The molecule has 1 heterocycles. The van der Waals surface area contributed by atoms with Crippen LogP contribution in [0.4, 0.5) is 0 Å². The highest BCUT2D eigenvalue weighted by atomic mass is 35.5. The topological polar surface area (TPSA) is 56.9 Å². The molecule has 1 aromatic carbocycles. The molecule has 5 heteroatoms. The molecule has 0 unspecified atom stereocenters. The summed E-state index contributed by atoms with van der Waals surface area (Å²) < 4.78 is 0. The van der Waals surface area contributed by atoms with E-state index < -0.39 is 0 Å². The smallest absolute Gasteiger partial charge is 0.234 e. The number of halogens is 1. The minimum atomic E-state index is 0.0119. The molecular weight excluding hydrogens is 262 g/mol. The van der Waals surface area contributed by atoms with Crippen molar-refractivity contribution in [3.63, 3.8) is 0 Å². The zero-order valence-corrected chi connectivity index (χ0v) is 11.8. The highest BCUT2D eigenvalue weighted by Crippen LogP contribution is 2.21. The number of hydrogen-bond donors (Lipinski definition) is 3. The van der Waals surface area contributed by atoms with Crippen molar-refractivity contribution in [2.45, 2.75) is 26.4 Å². The lowest BCUT2D eigenvalue weighted by Gasteiger charge is -2.08. The van der Waals surface area contributed by atoms with Gasteiger partial charge in [-0.25, -0.2) is 0 Å². The van der Waals surface area contributed by atoms with Crippen LogP contribution in [0.1, 0.15) is 19.4 Å². The van der Waals surface area contributed by atoms with Crippen molar-refractivity contribution < 1.29 is 4.79 Å². The normalized spacial score (nSPS) is 11.2. The Morgan fingerprint density at radius 1 is 1.42 bits per heavy atom. The second-order valence-electron chi connectivity index (χ2n) is 4.83. The molecule has 0 saturated carbocycles. The lowest BCUT2D eigenvalue weighted by molar-refractivity contribution is -0.120. The Morgan fingerprint density at radius 2 is 2.21 bits per heavy atom. The zero-order chi connectivity index (χ0) is 13.8. The molecule has 0 bridgehead atoms. The minimum Gasteiger partial charge on any atom is -0.361 e. The number of fused-ring (bicyclic) bond motifs is 1. The summed E-state index contributed by atoms with van der Waals surface area (Å²) in [4.78, 5) is 14.7. The molecule has 2 aromatic rings. The Hall–Kier alpha value is -1.52.